The molecule has 0 saturated carbocycles. The number of carbonyl (C=O) groups is 1. The Kier molecular flexibility index (Phi) is 4.61. The van der Waals surface area contributed by atoms with E-state index in [2.05, 4.69) is 24.4 Å². The smallest absolute Gasteiger partial charge is 0.221 e. The third-order valence-electron chi connectivity index (χ3n) is 2.02. The molecule has 0 spiro atoms. The topological polar surface area (TPSA) is 29.1 Å². The Labute approximate surface area is 91.0 Å². The second-order valence-electron chi connectivity index (χ2n) is 3.46. The summed E-state index contributed by atoms with van der Waals surface area (Å²) in [6.07, 6.45) is 6.38. The number of allylic oxidation sites excluding steroid dienone is 1. The van der Waals surface area contributed by atoms with Gasteiger partial charge in [-0.15, -0.1) is 0 Å². The minimum Gasteiger partial charge on any atom is -0.326 e. The minimum atomic E-state index is -0.0358. The van der Waals surface area contributed by atoms with Crippen LogP contribution < -0.4 is 5.32 Å². The number of carbonyl (C=O) groups excluding carboxylic acids is 1. The van der Waals surface area contributed by atoms with Gasteiger partial charge in [-0.25, -0.2) is 0 Å². The van der Waals surface area contributed by atoms with Crippen LogP contribution in [0.4, 0.5) is 5.69 Å². The van der Waals surface area contributed by atoms with E-state index in [1.165, 1.54) is 6.92 Å². The number of anilines is 1. The fraction of sp³-hybridized carbons (Fsp3) is 0.308. The molecule has 2 nitrogen and oxygen atoms in total. The van der Waals surface area contributed by atoms with Gasteiger partial charge in [-0.2, -0.15) is 0 Å². The van der Waals surface area contributed by atoms with Crippen molar-refractivity contribution < 1.29 is 4.79 Å². The van der Waals surface area contributed by atoms with Gasteiger partial charge in [0.25, 0.3) is 0 Å². The summed E-state index contributed by atoms with van der Waals surface area (Å²) in [5.74, 6) is -0.0358. The maximum atomic E-state index is 11.0. The lowest BCUT2D eigenvalue weighted by Gasteiger charge is -2.05. The summed E-state index contributed by atoms with van der Waals surface area (Å²) in [5, 5.41) is 2.81. The molecule has 0 unspecified atom stereocenters. The number of nitrogens with one attached hydrogen (secondary N) is 1. The van der Waals surface area contributed by atoms with Crippen molar-refractivity contribution in [1.29, 1.82) is 0 Å². The number of benzene rings is 1. The molecule has 1 rings (SSSR count). The Balaban J connectivity index is 2.81. The number of hydrogen-bond donors (Lipinski definition) is 1. The van der Waals surface area contributed by atoms with Crippen LogP contribution in [-0.2, 0) is 4.79 Å². The van der Waals surface area contributed by atoms with Crippen molar-refractivity contribution in [2.45, 2.75) is 26.7 Å². The normalized spacial score (nSPS) is 10.5. The number of amides is 1. The van der Waals surface area contributed by atoms with Crippen LogP contribution in [0.1, 0.15) is 32.3 Å². The molecule has 0 aromatic heterocycles. The molecule has 2 heteroatoms. The van der Waals surface area contributed by atoms with Crippen molar-refractivity contribution in [3.8, 4) is 0 Å². The van der Waals surface area contributed by atoms with Crippen molar-refractivity contribution in [1.82, 2.24) is 0 Å². The van der Waals surface area contributed by atoms with Crippen molar-refractivity contribution in [2.75, 3.05) is 5.32 Å². The fourth-order valence-electron chi connectivity index (χ4n) is 1.32. The van der Waals surface area contributed by atoms with Gasteiger partial charge in [0.1, 0.15) is 0 Å². The predicted octanol–water partition coefficient (Wildman–Crippen LogP) is 3.46. The summed E-state index contributed by atoms with van der Waals surface area (Å²) < 4.78 is 0. The van der Waals surface area contributed by atoms with Crippen LogP contribution in [0.2, 0.25) is 0 Å². The van der Waals surface area contributed by atoms with Crippen molar-refractivity contribution in [3.63, 3.8) is 0 Å². The molecule has 1 aromatic carbocycles. The highest BCUT2D eigenvalue weighted by atomic mass is 16.1. The molecule has 0 atom stereocenters. The standard InChI is InChI=1S/C13H17NO/c1-3-4-5-8-12-9-6-7-10-13(12)14-11(2)15/h5-10H,3-4H2,1-2H3,(H,14,15). The van der Waals surface area contributed by atoms with E-state index in [0.29, 0.717) is 0 Å². The molecule has 80 valence electrons. The van der Waals surface area contributed by atoms with Crippen LogP contribution >= 0.6 is 0 Å². The predicted molar refractivity (Wildman–Crippen MR) is 64.7 cm³/mol. The summed E-state index contributed by atoms with van der Waals surface area (Å²) in [6.45, 7) is 3.66. The van der Waals surface area contributed by atoms with Gasteiger partial charge in [0.2, 0.25) is 5.91 Å². The van der Waals surface area contributed by atoms with E-state index >= 15 is 0 Å². The van der Waals surface area contributed by atoms with E-state index < -0.39 is 0 Å². The first kappa shape index (κ1) is 11.5. The van der Waals surface area contributed by atoms with E-state index in [4.69, 9.17) is 0 Å². The van der Waals surface area contributed by atoms with E-state index in [1.807, 2.05) is 24.3 Å². The van der Waals surface area contributed by atoms with Crippen LogP contribution in [0.15, 0.2) is 30.3 Å². The Bertz CT molecular complexity index is 355. The average Bonchev–Trinajstić information content (AvgIpc) is 2.20. The third-order valence-corrected chi connectivity index (χ3v) is 2.02. The maximum Gasteiger partial charge on any atom is 0.221 e. The highest BCUT2D eigenvalue weighted by molar-refractivity contribution is 5.91. The molecular formula is C13H17NO. The largest absolute Gasteiger partial charge is 0.326 e. The SMILES string of the molecule is CCCC=Cc1ccccc1NC(C)=O. The first-order valence-corrected chi connectivity index (χ1v) is 5.27. The lowest BCUT2D eigenvalue weighted by molar-refractivity contribution is -0.114. The van der Waals surface area contributed by atoms with Gasteiger partial charge in [-0.05, 0) is 18.1 Å². The molecule has 1 N–H and O–H groups in total. The molecular weight excluding hydrogens is 186 g/mol. The first-order chi connectivity index (χ1) is 7.24. The average molecular weight is 203 g/mol. The van der Waals surface area contributed by atoms with Gasteiger partial charge < -0.3 is 5.32 Å². The summed E-state index contributed by atoms with van der Waals surface area (Å²) in [5.41, 5.74) is 1.93. The maximum absolute atomic E-state index is 11.0. The van der Waals surface area contributed by atoms with Gasteiger partial charge in [0, 0.05) is 12.6 Å². The fourth-order valence-corrected chi connectivity index (χ4v) is 1.32. The summed E-state index contributed by atoms with van der Waals surface area (Å²) in [6, 6.07) is 7.80. The Morgan fingerprint density at radius 1 is 1.40 bits per heavy atom. The molecule has 0 saturated heterocycles. The minimum absolute atomic E-state index is 0.0358. The number of rotatable bonds is 4. The van der Waals surface area contributed by atoms with Crippen molar-refractivity contribution >= 4 is 17.7 Å². The van der Waals surface area contributed by atoms with E-state index in [-0.39, 0.29) is 5.91 Å². The van der Waals surface area contributed by atoms with Crippen LogP contribution in [-0.4, -0.2) is 5.91 Å². The summed E-state index contributed by atoms with van der Waals surface area (Å²) in [7, 11) is 0. The highest BCUT2D eigenvalue weighted by Gasteiger charge is 1.98. The van der Waals surface area contributed by atoms with Crippen molar-refractivity contribution in [3.05, 3.63) is 35.9 Å². The van der Waals surface area contributed by atoms with Crippen LogP contribution in [0.25, 0.3) is 6.08 Å². The molecule has 0 fully saturated rings. The third kappa shape index (κ3) is 3.98. The molecule has 0 aliphatic carbocycles. The van der Waals surface area contributed by atoms with Gasteiger partial charge in [0.15, 0.2) is 0 Å². The van der Waals surface area contributed by atoms with Crippen LogP contribution in [0.5, 0.6) is 0 Å². The summed E-state index contributed by atoms with van der Waals surface area (Å²) in [4.78, 5) is 11.0. The Morgan fingerprint density at radius 2 is 2.13 bits per heavy atom. The lowest BCUT2D eigenvalue weighted by atomic mass is 10.1. The van der Waals surface area contributed by atoms with Crippen molar-refractivity contribution in [2.24, 2.45) is 0 Å². The quantitative estimate of drug-likeness (QED) is 0.797. The highest BCUT2D eigenvalue weighted by Crippen LogP contribution is 2.16. The van der Waals surface area contributed by atoms with E-state index in [9.17, 15) is 4.79 Å². The molecule has 0 heterocycles. The first-order valence-electron chi connectivity index (χ1n) is 5.27. The number of para-hydroxylation sites is 1. The summed E-state index contributed by atoms with van der Waals surface area (Å²) >= 11 is 0. The van der Waals surface area contributed by atoms with E-state index in [1.54, 1.807) is 0 Å². The van der Waals surface area contributed by atoms with Gasteiger partial charge in [0.05, 0.1) is 0 Å². The zero-order valence-corrected chi connectivity index (χ0v) is 9.29. The van der Waals surface area contributed by atoms with E-state index in [0.717, 1.165) is 24.1 Å². The second kappa shape index (κ2) is 6.02. The van der Waals surface area contributed by atoms with Crippen LogP contribution in [0, 0.1) is 0 Å². The Morgan fingerprint density at radius 3 is 2.80 bits per heavy atom. The van der Waals surface area contributed by atoms with Gasteiger partial charge in [-0.1, -0.05) is 43.7 Å². The van der Waals surface area contributed by atoms with Gasteiger partial charge >= 0.3 is 0 Å². The molecule has 15 heavy (non-hydrogen) atoms. The molecule has 1 amide bonds. The molecule has 0 aliphatic heterocycles. The zero-order chi connectivity index (χ0) is 11.1. The van der Waals surface area contributed by atoms with Crippen LogP contribution in [0.3, 0.4) is 0 Å². The second-order valence-corrected chi connectivity index (χ2v) is 3.46. The molecule has 1 aromatic rings. The molecule has 0 bridgehead atoms. The molecule has 0 aliphatic rings. The lowest BCUT2D eigenvalue weighted by Crippen LogP contribution is -2.06. The zero-order valence-electron chi connectivity index (χ0n) is 9.29. The number of hydrogen-bond acceptors (Lipinski definition) is 1. The molecule has 0 radical (unpaired) electrons. The monoisotopic (exact) mass is 203 g/mol. The number of unbranched alkanes of at least 4 members (excludes halogenated alkanes) is 1. The Hall–Kier alpha value is -1.57. The van der Waals surface area contributed by atoms with Gasteiger partial charge in [-0.3, -0.25) is 4.79 Å².